The number of rotatable bonds is 7. The number of carbonyl (C=O) groups is 1. The van der Waals surface area contributed by atoms with E-state index in [9.17, 15) is 4.79 Å². The van der Waals surface area contributed by atoms with Gasteiger partial charge in [-0.3, -0.25) is 4.79 Å². The van der Waals surface area contributed by atoms with Crippen LogP contribution in [-0.4, -0.2) is 26.6 Å². The van der Waals surface area contributed by atoms with Crippen LogP contribution < -0.4 is 14.2 Å². The van der Waals surface area contributed by atoms with Crippen LogP contribution in [-0.2, 0) is 0 Å². The van der Waals surface area contributed by atoms with E-state index in [1.54, 1.807) is 25.3 Å². The van der Waals surface area contributed by atoms with Crippen LogP contribution in [0.5, 0.6) is 17.2 Å². The molecule has 132 valence electrons. The molecule has 0 unspecified atom stereocenters. The van der Waals surface area contributed by atoms with Gasteiger partial charge in [0.15, 0.2) is 23.9 Å². The molecule has 0 atom stereocenters. The molecule has 0 N–H and O–H groups in total. The zero-order chi connectivity index (χ0) is 18.4. The maximum atomic E-state index is 12.4. The van der Waals surface area contributed by atoms with Crippen molar-refractivity contribution in [3.05, 3.63) is 78.4 Å². The highest BCUT2D eigenvalue weighted by Gasteiger charge is 2.11. The summed E-state index contributed by atoms with van der Waals surface area (Å²) in [7, 11) is 3.10. The average Bonchev–Trinajstić information content (AvgIpc) is 2.72. The Labute approximate surface area is 153 Å². The summed E-state index contributed by atoms with van der Waals surface area (Å²) in [6.07, 6.45) is 0. The van der Waals surface area contributed by atoms with Crippen molar-refractivity contribution in [1.29, 1.82) is 0 Å². The maximum Gasteiger partial charge on any atom is 0.200 e. The van der Waals surface area contributed by atoms with E-state index >= 15 is 0 Å². The van der Waals surface area contributed by atoms with Crippen molar-refractivity contribution in [2.45, 2.75) is 0 Å². The van der Waals surface area contributed by atoms with Gasteiger partial charge in [-0.1, -0.05) is 42.5 Å². The molecule has 3 aromatic carbocycles. The van der Waals surface area contributed by atoms with Gasteiger partial charge in [-0.15, -0.1) is 0 Å². The fraction of sp³-hybridized carbons (Fsp3) is 0.136. The lowest BCUT2D eigenvalue weighted by Gasteiger charge is -2.10. The number of Topliss-reactive ketones (excluding diaryl/α,β-unsaturated/α-hetero) is 1. The molecule has 0 heterocycles. The van der Waals surface area contributed by atoms with Crippen molar-refractivity contribution in [2.75, 3.05) is 20.8 Å². The minimum absolute atomic E-state index is 0.0415. The lowest BCUT2D eigenvalue weighted by atomic mass is 10.1. The van der Waals surface area contributed by atoms with Gasteiger partial charge >= 0.3 is 0 Å². The predicted octanol–water partition coefficient (Wildman–Crippen LogP) is 4.63. The van der Waals surface area contributed by atoms with Gasteiger partial charge in [0.1, 0.15) is 5.75 Å². The van der Waals surface area contributed by atoms with Crippen molar-refractivity contribution in [3.63, 3.8) is 0 Å². The van der Waals surface area contributed by atoms with Crippen LogP contribution in [0.2, 0.25) is 0 Å². The number of hydrogen-bond acceptors (Lipinski definition) is 4. The number of hydrogen-bond donors (Lipinski definition) is 0. The molecule has 0 aliphatic heterocycles. The monoisotopic (exact) mass is 348 g/mol. The first-order chi connectivity index (χ1) is 12.7. The van der Waals surface area contributed by atoms with E-state index in [0.717, 1.165) is 11.1 Å². The smallest absolute Gasteiger partial charge is 0.200 e. The average molecular weight is 348 g/mol. The minimum atomic E-state index is -0.127. The highest BCUT2D eigenvalue weighted by Crippen LogP contribution is 2.28. The largest absolute Gasteiger partial charge is 0.493 e. The summed E-state index contributed by atoms with van der Waals surface area (Å²) in [5.74, 6) is 1.63. The van der Waals surface area contributed by atoms with E-state index < -0.39 is 0 Å². The van der Waals surface area contributed by atoms with Gasteiger partial charge in [0, 0.05) is 5.56 Å². The summed E-state index contributed by atoms with van der Waals surface area (Å²) in [6, 6.07) is 22.8. The Balaban J connectivity index is 1.64. The molecule has 4 nitrogen and oxygen atoms in total. The summed E-state index contributed by atoms with van der Waals surface area (Å²) in [5.41, 5.74) is 2.76. The third kappa shape index (κ3) is 4.03. The van der Waals surface area contributed by atoms with Crippen LogP contribution >= 0.6 is 0 Å². The minimum Gasteiger partial charge on any atom is -0.493 e. The molecule has 0 spiro atoms. The molecule has 0 aromatic heterocycles. The Morgan fingerprint density at radius 2 is 1.42 bits per heavy atom. The molecule has 26 heavy (non-hydrogen) atoms. The van der Waals surface area contributed by atoms with Crippen molar-refractivity contribution in [1.82, 2.24) is 0 Å². The van der Waals surface area contributed by atoms with Crippen molar-refractivity contribution >= 4 is 5.78 Å². The van der Waals surface area contributed by atoms with E-state index in [2.05, 4.69) is 12.1 Å². The second-order valence-corrected chi connectivity index (χ2v) is 5.67. The molecule has 0 saturated heterocycles. The van der Waals surface area contributed by atoms with Gasteiger partial charge in [-0.25, -0.2) is 0 Å². The van der Waals surface area contributed by atoms with Gasteiger partial charge in [0.05, 0.1) is 14.2 Å². The van der Waals surface area contributed by atoms with Crippen molar-refractivity contribution in [3.8, 4) is 28.4 Å². The first-order valence-electron chi connectivity index (χ1n) is 8.25. The summed E-state index contributed by atoms with van der Waals surface area (Å²) in [6.45, 7) is -0.0415. The molecule has 0 aliphatic rings. The van der Waals surface area contributed by atoms with Gasteiger partial charge in [-0.05, 0) is 41.5 Å². The number of carbonyl (C=O) groups excluding carboxylic acids is 1. The molecule has 0 amide bonds. The standard InChI is InChI=1S/C22H20O4/c1-24-21-13-10-18(14-22(21)25-2)20(23)15-26-19-11-8-17(9-12-19)16-6-4-3-5-7-16/h3-14H,15H2,1-2H3. The highest BCUT2D eigenvalue weighted by molar-refractivity contribution is 5.97. The summed E-state index contributed by atoms with van der Waals surface area (Å²) >= 11 is 0. The Morgan fingerprint density at radius 1 is 0.769 bits per heavy atom. The van der Waals surface area contributed by atoms with Crippen LogP contribution in [0, 0.1) is 0 Å². The fourth-order valence-electron chi connectivity index (χ4n) is 2.62. The zero-order valence-electron chi connectivity index (χ0n) is 14.8. The van der Waals surface area contributed by atoms with Gasteiger partial charge in [0.25, 0.3) is 0 Å². The fourth-order valence-corrected chi connectivity index (χ4v) is 2.62. The van der Waals surface area contributed by atoms with E-state index in [-0.39, 0.29) is 12.4 Å². The molecule has 0 aliphatic carbocycles. The maximum absolute atomic E-state index is 12.4. The lowest BCUT2D eigenvalue weighted by molar-refractivity contribution is 0.0921. The predicted molar refractivity (Wildman–Crippen MR) is 101 cm³/mol. The lowest BCUT2D eigenvalue weighted by Crippen LogP contribution is -2.11. The first-order valence-corrected chi connectivity index (χ1v) is 8.25. The Morgan fingerprint density at radius 3 is 2.08 bits per heavy atom. The number of ketones is 1. The molecular weight excluding hydrogens is 328 g/mol. The molecule has 0 saturated carbocycles. The number of methoxy groups -OCH3 is 2. The van der Waals surface area contributed by atoms with E-state index in [0.29, 0.717) is 22.8 Å². The van der Waals surface area contributed by atoms with Crippen LogP contribution in [0.25, 0.3) is 11.1 Å². The summed E-state index contributed by atoms with van der Waals surface area (Å²) < 4.78 is 16.0. The Kier molecular flexibility index (Phi) is 5.54. The topological polar surface area (TPSA) is 44.8 Å². The van der Waals surface area contributed by atoms with Crippen LogP contribution in [0.3, 0.4) is 0 Å². The van der Waals surface area contributed by atoms with Crippen LogP contribution in [0.15, 0.2) is 72.8 Å². The number of ether oxygens (including phenoxy) is 3. The molecule has 0 fully saturated rings. The second-order valence-electron chi connectivity index (χ2n) is 5.67. The Hall–Kier alpha value is -3.27. The third-order valence-corrected chi connectivity index (χ3v) is 4.04. The van der Waals surface area contributed by atoms with Crippen molar-refractivity contribution in [2.24, 2.45) is 0 Å². The van der Waals surface area contributed by atoms with Crippen LogP contribution in [0.1, 0.15) is 10.4 Å². The molecule has 3 aromatic rings. The van der Waals surface area contributed by atoms with Gasteiger partial charge < -0.3 is 14.2 Å². The van der Waals surface area contributed by atoms with Gasteiger partial charge in [0.2, 0.25) is 0 Å². The van der Waals surface area contributed by atoms with Crippen LogP contribution in [0.4, 0.5) is 0 Å². The Bertz CT molecular complexity index is 870. The SMILES string of the molecule is COc1ccc(C(=O)COc2ccc(-c3ccccc3)cc2)cc1OC. The van der Waals surface area contributed by atoms with E-state index in [4.69, 9.17) is 14.2 Å². The van der Waals surface area contributed by atoms with Gasteiger partial charge in [-0.2, -0.15) is 0 Å². The molecule has 0 bridgehead atoms. The normalized spacial score (nSPS) is 10.2. The van der Waals surface area contributed by atoms with E-state index in [1.165, 1.54) is 7.11 Å². The molecule has 0 radical (unpaired) electrons. The third-order valence-electron chi connectivity index (χ3n) is 4.04. The molecule has 3 rings (SSSR count). The van der Waals surface area contributed by atoms with E-state index in [1.807, 2.05) is 42.5 Å². The molecular formula is C22H20O4. The first kappa shape index (κ1) is 17.5. The highest BCUT2D eigenvalue weighted by atomic mass is 16.5. The number of benzene rings is 3. The second kappa shape index (κ2) is 8.21. The van der Waals surface area contributed by atoms with Crippen molar-refractivity contribution < 1.29 is 19.0 Å². The quantitative estimate of drug-likeness (QED) is 0.584. The summed E-state index contributed by atoms with van der Waals surface area (Å²) in [4.78, 5) is 12.4. The molecule has 4 heteroatoms. The zero-order valence-corrected chi connectivity index (χ0v) is 14.8. The summed E-state index contributed by atoms with van der Waals surface area (Å²) in [5, 5.41) is 0.